The first kappa shape index (κ1) is 10.1. The van der Waals surface area contributed by atoms with Crippen molar-refractivity contribution < 1.29 is 4.39 Å². The highest BCUT2D eigenvalue weighted by Gasteiger charge is 2.19. The van der Waals surface area contributed by atoms with Crippen molar-refractivity contribution in [2.45, 2.75) is 26.3 Å². The number of nitrogens with one attached hydrogen (secondary N) is 1. The summed E-state index contributed by atoms with van der Waals surface area (Å²) in [4.78, 5) is 0. The third kappa shape index (κ3) is 1.62. The Kier molecular flexibility index (Phi) is 2.70. The number of benzene rings is 1. The van der Waals surface area contributed by atoms with E-state index in [2.05, 4.69) is 5.32 Å². The molecule has 0 aliphatic carbocycles. The van der Waals surface area contributed by atoms with Crippen molar-refractivity contribution in [2.24, 2.45) is 0 Å². The Labute approximate surface area is 88.7 Å². The lowest BCUT2D eigenvalue weighted by molar-refractivity contribution is 0.563. The number of halogens is 1. The van der Waals surface area contributed by atoms with Gasteiger partial charge in [0.1, 0.15) is 11.9 Å². The minimum atomic E-state index is -0.314. The van der Waals surface area contributed by atoms with Gasteiger partial charge in [-0.1, -0.05) is 6.92 Å². The van der Waals surface area contributed by atoms with E-state index >= 15 is 0 Å². The molecule has 0 saturated heterocycles. The molecule has 1 N–H and O–H groups in total. The van der Waals surface area contributed by atoms with Crippen LogP contribution in [0.3, 0.4) is 0 Å². The predicted octanol–water partition coefficient (Wildman–Crippen LogP) is 1.91. The Morgan fingerprint density at radius 2 is 2.33 bits per heavy atom. The van der Waals surface area contributed by atoms with Crippen LogP contribution < -0.4 is 5.32 Å². The topological polar surface area (TPSA) is 35.8 Å². The van der Waals surface area contributed by atoms with Gasteiger partial charge in [0.15, 0.2) is 0 Å². The summed E-state index contributed by atoms with van der Waals surface area (Å²) in [5.41, 5.74) is 3.08. The van der Waals surface area contributed by atoms with E-state index in [1.807, 2.05) is 13.0 Å². The zero-order valence-corrected chi connectivity index (χ0v) is 8.73. The molecule has 0 bridgehead atoms. The molecule has 0 atom stereocenters. The Bertz CT molecular complexity index is 432. The fraction of sp³-hybridized carbons (Fsp3) is 0.417. The fourth-order valence-electron chi connectivity index (χ4n) is 2.12. The number of rotatable bonds is 1. The van der Waals surface area contributed by atoms with E-state index in [-0.39, 0.29) is 11.4 Å². The van der Waals surface area contributed by atoms with Crippen LogP contribution in [0.2, 0.25) is 0 Å². The van der Waals surface area contributed by atoms with E-state index in [1.54, 1.807) is 6.07 Å². The maximum absolute atomic E-state index is 13.8. The molecule has 0 amide bonds. The lowest BCUT2D eigenvalue weighted by Crippen LogP contribution is -2.26. The van der Waals surface area contributed by atoms with Crippen molar-refractivity contribution in [2.75, 3.05) is 6.54 Å². The minimum absolute atomic E-state index is 0.188. The molecule has 1 aromatic rings. The van der Waals surface area contributed by atoms with Crippen LogP contribution in [0.5, 0.6) is 0 Å². The monoisotopic (exact) mass is 204 g/mol. The van der Waals surface area contributed by atoms with E-state index in [0.717, 1.165) is 36.2 Å². The lowest BCUT2D eigenvalue weighted by atomic mass is 9.91. The molecule has 0 radical (unpaired) electrons. The van der Waals surface area contributed by atoms with Gasteiger partial charge in [0.05, 0.1) is 5.56 Å². The highest BCUT2D eigenvalue weighted by atomic mass is 19.1. The van der Waals surface area contributed by atoms with Gasteiger partial charge in [-0.25, -0.2) is 4.39 Å². The smallest absolute Gasteiger partial charge is 0.144 e. The maximum atomic E-state index is 13.8. The van der Waals surface area contributed by atoms with Crippen molar-refractivity contribution >= 4 is 0 Å². The molecule has 0 unspecified atom stereocenters. The minimum Gasteiger partial charge on any atom is -0.312 e. The van der Waals surface area contributed by atoms with Gasteiger partial charge in [-0.15, -0.1) is 0 Å². The number of fused-ring (bicyclic) bond motifs is 1. The van der Waals surface area contributed by atoms with E-state index < -0.39 is 0 Å². The second-order valence-corrected chi connectivity index (χ2v) is 3.75. The largest absolute Gasteiger partial charge is 0.312 e. The van der Waals surface area contributed by atoms with E-state index in [1.165, 1.54) is 0 Å². The molecule has 0 fully saturated rings. The van der Waals surface area contributed by atoms with Crippen LogP contribution >= 0.6 is 0 Å². The lowest BCUT2D eigenvalue weighted by Gasteiger charge is -2.21. The Balaban J connectivity index is 2.65. The summed E-state index contributed by atoms with van der Waals surface area (Å²) in [7, 11) is 0. The van der Waals surface area contributed by atoms with Crippen molar-refractivity contribution in [3.63, 3.8) is 0 Å². The molecule has 2 rings (SSSR count). The first-order chi connectivity index (χ1) is 7.27. The molecule has 0 saturated carbocycles. The number of hydrogen-bond donors (Lipinski definition) is 1. The third-order valence-electron chi connectivity index (χ3n) is 2.93. The Morgan fingerprint density at radius 1 is 1.53 bits per heavy atom. The summed E-state index contributed by atoms with van der Waals surface area (Å²) in [5.74, 6) is -0.314. The molecule has 1 heterocycles. The van der Waals surface area contributed by atoms with Crippen molar-refractivity contribution in [3.05, 3.63) is 34.1 Å². The quantitative estimate of drug-likeness (QED) is 0.758. The standard InChI is InChI=1S/C12H13FN2/c1-2-8-5-9(6-14)12(13)10-3-4-15-7-11(8)10/h5,15H,2-4,7H2,1H3. The van der Waals surface area contributed by atoms with Crippen molar-refractivity contribution in [1.29, 1.82) is 5.26 Å². The second-order valence-electron chi connectivity index (χ2n) is 3.75. The van der Waals surface area contributed by atoms with Crippen LogP contribution in [0.4, 0.5) is 4.39 Å². The van der Waals surface area contributed by atoms with Crippen LogP contribution in [0.25, 0.3) is 0 Å². The Morgan fingerprint density at radius 3 is 3.00 bits per heavy atom. The average Bonchev–Trinajstić information content (AvgIpc) is 2.30. The van der Waals surface area contributed by atoms with Crippen molar-refractivity contribution in [1.82, 2.24) is 5.32 Å². The predicted molar refractivity (Wildman–Crippen MR) is 55.9 cm³/mol. The molecule has 3 heteroatoms. The highest BCUT2D eigenvalue weighted by molar-refractivity contribution is 5.46. The maximum Gasteiger partial charge on any atom is 0.144 e. The third-order valence-corrected chi connectivity index (χ3v) is 2.93. The van der Waals surface area contributed by atoms with Crippen molar-refractivity contribution in [3.8, 4) is 6.07 Å². The molecule has 1 aromatic carbocycles. The summed E-state index contributed by atoms with van der Waals surface area (Å²) < 4.78 is 13.8. The Hall–Kier alpha value is -1.40. The summed E-state index contributed by atoms with van der Waals surface area (Å²) in [6.07, 6.45) is 1.53. The van der Waals surface area contributed by atoms with Crippen LogP contribution in [-0.2, 0) is 19.4 Å². The molecular formula is C12H13FN2. The van der Waals surface area contributed by atoms with Gasteiger partial charge in [-0.3, -0.25) is 0 Å². The fourth-order valence-corrected chi connectivity index (χ4v) is 2.12. The highest BCUT2D eigenvalue weighted by Crippen LogP contribution is 2.25. The van der Waals surface area contributed by atoms with Gasteiger partial charge in [-0.05, 0) is 42.1 Å². The SMILES string of the molecule is CCc1cc(C#N)c(F)c2c1CNCC2. The summed E-state index contributed by atoms with van der Waals surface area (Å²) >= 11 is 0. The van der Waals surface area contributed by atoms with E-state index in [4.69, 9.17) is 5.26 Å². The molecule has 15 heavy (non-hydrogen) atoms. The zero-order chi connectivity index (χ0) is 10.8. The molecule has 78 valence electrons. The molecule has 1 aliphatic rings. The van der Waals surface area contributed by atoms with Gasteiger partial charge in [-0.2, -0.15) is 5.26 Å². The average molecular weight is 204 g/mol. The van der Waals surface area contributed by atoms with Crippen LogP contribution in [0.1, 0.15) is 29.2 Å². The van der Waals surface area contributed by atoms with Gasteiger partial charge >= 0.3 is 0 Å². The summed E-state index contributed by atoms with van der Waals surface area (Å²) in [6, 6.07) is 3.61. The van der Waals surface area contributed by atoms with Crippen LogP contribution in [0, 0.1) is 17.1 Å². The first-order valence-corrected chi connectivity index (χ1v) is 5.21. The summed E-state index contributed by atoms with van der Waals surface area (Å²) in [5, 5.41) is 12.1. The normalized spacial score (nSPS) is 14.5. The second kappa shape index (κ2) is 4.00. The summed E-state index contributed by atoms with van der Waals surface area (Å²) in [6.45, 7) is 3.55. The molecule has 1 aliphatic heterocycles. The number of aryl methyl sites for hydroxylation is 1. The number of nitrogens with zero attached hydrogens (tertiary/aromatic N) is 1. The van der Waals surface area contributed by atoms with Gasteiger partial charge < -0.3 is 5.32 Å². The molecule has 0 spiro atoms. The molecular weight excluding hydrogens is 191 g/mol. The van der Waals surface area contributed by atoms with Crippen LogP contribution in [-0.4, -0.2) is 6.54 Å². The van der Waals surface area contributed by atoms with Crippen LogP contribution in [0.15, 0.2) is 6.07 Å². The van der Waals surface area contributed by atoms with Gasteiger partial charge in [0, 0.05) is 6.54 Å². The zero-order valence-electron chi connectivity index (χ0n) is 8.73. The van der Waals surface area contributed by atoms with Gasteiger partial charge in [0.25, 0.3) is 0 Å². The van der Waals surface area contributed by atoms with E-state index in [9.17, 15) is 4.39 Å². The van der Waals surface area contributed by atoms with E-state index in [0.29, 0.717) is 6.42 Å². The number of hydrogen-bond acceptors (Lipinski definition) is 2. The number of nitriles is 1. The molecule has 2 nitrogen and oxygen atoms in total. The van der Waals surface area contributed by atoms with Gasteiger partial charge in [0.2, 0.25) is 0 Å². The first-order valence-electron chi connectivity index (χ1n) is 5.21. The molecule has 0 aromatic heterocycles.